The molecule has 0 spiro atoms. The largest absolute Gasteiger partial charge is 0.462 e. The van der Waals surface area contributed by atoms with E-state index in [1.165, 1.54) is 5.56 Å². The Balaban J connectivity index is 1.56. The predicted octanol–water partition coefficient (Wildman–Crippen LogP) is 3.97. The predicted molar refractivity (Wildman–Crippen MR) is 134 cm³/mol. The van der Waals surface area contributed by atoms with Gasteiger partial charge >= 0.3 is 5.97 Å². The van der Waals surface area contributed by atoms with Crippen LogP contribution in [0.5, 0.6) is 0 Å². The smallest absolute Gasteiger partial charge is 0.338 e. The van der Waals surface area contributed by atoms with Crippen molar-refractivity contribution in [3.63, 3.8) is 0 Å². The molecule has 0 unspecified atom stereocenters. The third kappa shape index (κ3) is 7.01. The first-order chi connectivity index (χ1) is 16.5. The zero-order valence-electron chi connectivity index (χ0n) is 19.7. The van der Waals surface area contributed by atoms with Gasteiger partial charge in [0.05, 0.1) is 18.3 Å². The van der Waals surface area contributed by atoms with Crippen LogP contribution in [0.2, 0.25) is 0 Å². The summed E-state index contributed by atoms with van der Waals surface area (Å²) in [5, 5.41) is 16.3. The summed E-state index contributed by atoms with van der Waals surface area (Å²) in [6.07, 6.45) is 0.268. The van der Waals surface area contributed by atoms with E-state index in [4.69, 9.17) is 4.74 Å². The molecule has 0 saturated heterocycles. The summed E-state index contributed by atoms with van der Waals surface area (Å²) >= 11 is 0. The van der Waals surface area contributed by atoms with Gasteiger partial charge in [0, 0.05) is 25.2 Å². The summed E-state index contributed by atoms with van der Waals surface area (Å²) in [5.41, 5.74) is 4.79. The lowest BCUT2D eigenvalue weighted by Crippen LogP contribution is -2.38. The van der Waals surface area contributed by atoms with Crippen LogP contribution in [0.1, 0.15) is 45.7 Å². The first-order valence-corrected chi connectivity index (χ1v) is 11.6. The summed E-state index contributed by atoms with van der Waals surface area (Å²) < 4.78 is 5.15. The van der Waals surface area contributed by atoms with Crippen LogP contribution in [-0.2, 0) is 17.7 Å². The summed E-state index contributed by atoms with van der Waals surface area (Å²) in [7, 11) is 0. The topological polar surface area (TPSA) is 87.7 Å². The third-order valence-corrected chi connectivity index (χ3v) is 5.47. The molecular weight excluding hydrogens is 428 g/mol. The van der Waals surface area contributed by atoms with Crippen molar-refractivity contribution in [1.29, 1.82) is 0 Å². The van der Waals surface area contributed by atoms with Gasteiger partial charge < -0.3 is 20.5 Å². The Hall–Kier alpha value is -3.48. The van der Waals surface area contributed by atoms with Gasteiger partial charge in [-0.05, 0) is 53.8 Å². The number of hydrogen-bond acceptors (Lipinski definition) is 5. The number of carbonyl (C=O) groups is 2. The van der Waals surface area contributed by atoms with Crippen molar-refractivity contribution in [1.82, 2.24) is 10.6 Å². The van der Waals surface area contributed by atoms with Gasteiger partial charge in [-0.25, -0.2) is 4.79 Å². The van der Waals surface area contributed by atoms with Crippen molar-refractivity contribution in [3.05, 3.63) is 95.1 Å². The van der Waals surface area contributed by atoms with Crippen molar-refractivity contribution in [2.45, 2.75) is 32.9 Å². The first-order valence-electron chi connectivity index (χ1n) is 11.6. The molecule has 3 aromatic rings. The number of aryl methyl sites for hydroxylation is 1. The molecule has 0 aromatic heterocycles. The maximum Gasteiger partial charge on any atom is 0.338 e. The molecule has 6 heteroatoms. The molecule has 178 valence electrons. The number of carbonyl (C=O) groups excluding carboxylic acids is 2. The Bertz CT molecular complexity index is 1110. The first kappa shape index (κ1) is 25.1. The highest BCUT2D eigenvalue weighted by atomic mass is 16.5. The molecule has 1 atom stereocenters. The van der Waals surface area contributed by atoms with E-state index in [-0.39, 0.29) is 19.1 Å². The second kappa shape index (κ2) is 12.7. The molecule has 0 bridgehead atoms. The minimum Gasteiger partial charge on any atom is -0.462 e. The maximum atomic E-state index is 12.7. The van der Waals surface area contributed by atoms with E-state index in [9.17, 15) is 14.7 Å². The summed E-state index contributed by atoms with van der Waals surface area (Å²) in [5.74, 6) is -0.685. The molecule has 0 fully saturated rings. The van der Waals surface area contributed by atoms with Gasteiger partial charge in [-0.15, -0.1) is 0 Å². The fourth-order valence-electron chi connectivity index (χ4n) is 3.68. The van der Waals surface area contributed by atoms with Crippen molar-refractivity contribution in [2.24, 2.45) is 0 Å². The van der Waals surface area contributed by atoms with Crippen LogP contribution in [-0.4, -0.2) is 42.8 Å². The van der Waals surface area contributed by atoms with Crippen LogP contribution >= 0.6 is 0 Å². The number of aliphatic hydroxyl groups is 1. The molecule has 0 heterocycles. The lowest BCUT2D eigenvalue weighted by molar-refractivity contribution is 0.0527. The minimum atomic E-state index is -0.717. The fraction of sp³-hybridized carbons (Fsp3) is 0.286. The van der Waals surface area contributed by atoms with Gasteiger partial charge in [0.2, 0.25) is 0 Å². The Morgan fingerprint density at radius 3 is 2.47 bits per heavy atom. The van der Waals surface area contributed by atoms with E-state index in [0.717, 1.165) is 17.5 Å². The molecule has 1 amide bonds. The Morgan fingerprint density at radius 1 is 0.912 bits per heavy atom. The highest BCUT2D eigenvalue weighted by Crippen LogP contribution is 2.25. The van der Waals surface area contributed by atoms with E-state index in [1.54, 1.807) is 37.3 Å². The number of esters is 1. The number of hydrogen-bond donors (Lipinski definition) is 3. The fourth-order valence-corrected chi connectivity index (χ4v) is 3.68. The van der Waals surface area contributed by atoms with E-state index >= 15 is 0 Å². The summed E-state index contributed by atoms with van der Waals surface area (Å²) in [4.78, 5) is 25.0. The molecule has 0 radical (unpaired) electrons. The zero-order chi connectivity index (χ0) is 24.3. The van der Waals surface area contributed by atoms with Crippen LogP contribution in [0.15, 0.2) is 72.8 Å². The SMILES string of the molecule is CCOC(=O)c1ccccc1-c1cccc(C(=O)NC[C@H](O)CNCc2cccc(CC)c2)c1. The average molecular weight is 461 g/mol. The maximum absolute atomic E-state index is 12.7. The van der Waals surface area contributed by atoms with Crippen molar-refractivity contribution in [2.75, 3.05) is 19.7 Å². The van der Waals surface area contributed by atoms with Crippen molar-refractivity contribution >= 4 is 11.9 Å². The monoisotopic (exact) mass is 460 g/mol. The molecule has 3 aromatic carbocycles. The molecular formula is C28H32N2O4. The molecule has 0 saturated carbocycles. The van der Waals surface area contributed by atoms with Crippen LogP contribution in [0.25, 0.3) is 11.1 Å². The number of nitrogens with one attached hydrogen (secondary N) is 2. The van der Waals surface area contributed by atoms with Gasteiger partial charge in [-0.2, -0.15) is 0 Å². The standard InChI is InChI=1S/C28H32N2O4/c1-3-20-9-7-10-21(15-20)17-29-18-24(31)19-30-27(32)23-12-8-11-22(16-23)25-13-5-6-14-26(25)28(33)34-4-2/h5-16,24,29,31H,3-4,17-19H2,1-2H3,(H,30,32)/t24-/m1/s1. The molecule has 6 nitrogen and oxygen atoms in total. The minimum absolute atomic E-state index is 0.129. The number of amides is 1. The van der Waals surface area contributed by atoms with E-state index in [2.05, 4.69) is 29.7 Å². The van der Waals surface area contributed by atoms with E-state index in [0.29, 0.717) is 29.8 Å². The second-order valence-electron chi connectivity index (χ2n) is 8.02. The van der Waals surface area contributed by atoms with Gasteiger partial charge in [0.1, 0.15) is 0 Å². The zero-order valence-corrected chi connectivity index (χ0v) is 19.7. The van der Waals surface area contributed by atoms with Crippen molar-refractivity contribution < 1.29 is 19.4 Å². The Morgan fingerprint density at radius 2 is 1.68 bits per heavy atom. The highest BCUT2D eigenvalue weighted by Gasteiger charge is 2.15. The van der Waals surface area contributed by atoms with Crippen LogP contribution in [0.3, 0.4) is 0 Å². The molecule has 3 rings (SSSR count). The number of aliphatic hydroxyl groups excluding tert-OH is 1. The van der Waals surface area contributed by atoms with Gasteiger partial charge in [-0.3, -0.25) is 4.79 Å². The van der Waals surface area contributed by atoms with Gasteiger partial charge in [0.15, 0.2) is 0 Å². The Kier molecular flexibility index (Phi) is 9.38. The van der Waals surface area contributed by atoms with Crippen LogP contribution < -0.4 is 10.6 Å². The van der Waals surface area contributed by atoms with Crippen LogP contribution in [0.4, 0.5) is 0 Å². The lowest BCUT2D eigenvalue weighted by Gasteiger charge is -2.14. The van der Waals surface area contributed by atoms with Gasteiger partial charge in [0.25, 0.3) is 5.91 Å². The average Bonchev–Trinajstić information content (AvgIpc) is 2.87. The lowest BCUT2D eigenvalue weighted by atomic mass is 9.98. The van der Waals surface area contributed by atoms with Crippen LogP contribution in [0, 0.1) is 0 Å². The van der Waals surface area contributed by atoms with E-state index < -0.39 is 12.1 Å². The Labute approximate surface area is 201 Å². The number of rotatable bonds is 11. The summed E-state index contributed by atoms with van der Waals surface area (Å²) in [6.45, 7) is 5.32. The normalized spacial score (nSPS) is 11.6. The molecule has 0 aliphatic carbocycles. The molecule has 0 aliphatic rings. The second-order valence-corrected chi connectivity index (χ2v) is 8.02. The van der Waals surface area contributed by atoms with E-state index in [1.807, 2.05) is 30.3 Å². The number of ether oxygens (including phenoxy) is 1. The van der Waals surface area contributed by atoms with Gasteiger partial charge in [-0.1, -0.05) is 61.5 Å². The number of benzene rings is 3. The molecule has 0 aliphatic heterocycles. The quantitative estimate of drug-likeness (QED) is 0.377. The molecule has 34 heavy (non-hydrogen) atoms. The highest BCUT2D eigenvalue weighted by molar-refractivity contribution is 5.99. The summed E-state index contributed by atoms with van der Waals surface area (Å²) in [6, 6.07) is 22.5. The van der Waals surface area contributed by atoms with Crippen molar-refractivity contribution in [3.8, 4) is 11.1 Å². The molecule has 3 N–H and O–H groups in total. The third-order valence-electron chi connectivity index (χ3n) is 5.47.